The normalized spacial score (nSPS) is 10.3. The van der Waals surface area contributed by atoms with Crippen molar-refractivity contribution in [3.63, 3.8) is 0 Å². The van der Waals surface area contributed by atoms with Gasteiger partial charge in [0.05, 0.1) is 0 Å². The summed E-state index contributed by atoms with van der Waals surface area (Å²) in [6.45, 7) is 2.14. The van der Waals surface area contributed by atoms with Crippen LogP contribution in [-0.4, -0.2) is 11.8 Å². The van der Waals surface area contributed by atoms with E-state index in [4.69, 9.17) is 11.5 Å². The van der Waals surface area contributed by atoms with Crippen molar-refractivity contribution in [3.05, 3.63) is 34.9 Å². The van der Waals surface area contributed by atoms with Gasteiger partial charge >= 0.3 is 0 Å². The van der Waals surface area contributed by atoms with E-state index in [1.807, 2.05) is 0 Å². The van der Waals surface area contributed by atoms with Crippen molar-refractivity contribution in [2.45, 2.75) is 39.0 Å². The maximum Gasteiger partial charge on any atom is 0.248 e. The highest BCUT2D eigenvalue weighted by Crippen LogP contribution is 2.15. The first-order valence-corrected chi connectivity index (χ1v) is 6.28. The van der Waals surface area contributed by atoms with E-state index in [1.54, 1.807) is 12.1 Å². The van der Waals surface area contributed by atoms with Crippen LogP contribution in [0.1, 0.15) is 58.9 Å². The van der Waals surface area contributed by atoms with Crippen LogP contribution in [0.4, 0.5) is 0 Å². The summed E-state index contributed by atoms with van der Waals surface area (Å²) in [4.78, 5) is 22.4. The van der Waals surface area contributed by atoms with Gasteiger partial charge in [-0.1, -0.05) is 26.2 Å². The smallest absolute Gasteiger partial charge is 0.248 e. The fourth-order valence-electron chi connectivity index (χ4n) is 1.94. The van der Waals surface area contributed by atoms with Gasteiger partial charge in [0.15, 0.2) is 0 Å². The summed E-state index contributed by atoms with van der Waals surface area (Å²) >= 11 is 0. The number of primary amides is 2. The molecule has 1 aromatic rings. The molecular weight excluding hydrogens is 228 g/mol. The largest absolute Gasteiger partial charge is 0.366 e. The molecule has 0 aliphatic rings. The maximum atomic E-state index is 11.3. The molecule has 2 amide bonds. The Morgan fingerprint density at radius 3 is 2.33 bits per heavy atom. The highest BCUT2D eigenvalue weighted by molar-refractivity contribution is 5.97. The Kier molecular flexibility index (Phi) is 5.36. The van der Waals surface area contributed by atoms with Gasteiger partial charge in [-0.15, -0.1) is 0 Å². The third-order valence-corrected chi connectivity index (χ3v) is 2.95. The Balaban J connectivity index is 2.86. The van der Waals surface area contributed by atoms with Crippen LogP contribution >= 0.6 is 0 Å². The molecule has 0 atom stereocenters. The van der Waals surface area contributed by atoms with Gasteiger partial charge in [0.1, 0.15) is 0 Å². The summed E-state index contributed by atoms with van der Waals surface area (Å²) in [5.74, 6) is -0.947. The molecule has 0 fully saturated rings. The van der Waals surface area contributed by atoms with Crippen LogP contribution < -0.4 is 11.5 Å². The van der Waals surface area contributed by atoms with E-state index in [2.05, 4.69) is 6.92 Å². The molecule has 0 unspecified atom stereocenters. The average molecular weight is 248 g/mol. The predicted octanol–water partition coefficient (Wildman–Crippen LogP) is 2.01. The lowest BCUT2D eigenvalue weighted by Gasteiger charge is -2.08. The summed E-state index contributed by atoms with van der Waals surface area (Å²) in [6.07, 6.45) is 5.16. The highest BCUT2D eigenvalue weighted by atomic mass is 16.1. The monoisotopic (exact) mass is 248 g/mol. The topological polar surface area (TPSA) is 86.2 Å². The first-order valence-electron chi connectivity index (χ1n) is 6.28. The molecule has 4 N–H and O–H groups in total. The maximum absolute atomic E-state index is 11.3. The molecule has 0 bridgehead atoms. The third kappa shape index (κ3) is 3.87. The number of carbonyl (C=O) groups excluding carboxylic acids is 2. The van der Waals surface area contributed by atoms with E-state index >= 15 is 0 Å². The van der Waals surface area contributed by atoms with E-state index in [0.29, 0.717) is 11.1 Å². The van der Waals surface area contributed by atoms with Gasteiger partial charge in [-0.25, -0.2) is 0 Å². The molecular formula is C14H20N2O2. The van der Waals surface area contributed by atoms with Crippen molar-refractivity contribution in [1.29, 1.82) is 0 Å². The van der Waals surface area contributed by atoms with Gasteiger partial charge in [-0.2, -0.15) is 0 Å². The fourth-order valence-corrected chi connectivity index (χ4v) is 1.94. The molecule has 1 aromatic carbocycles. The molecule has 4 nitrogen and oxygen atoms in total. The second-order valence-corrected chi connectivity index (χ2v) is 4.41. The van der Waals surface area contributed by atoms with E-state index in [1.165, 1.54) is 12.5 Å². The standard InChI is InChI=1S/C14H20N2O2/c1-2-3-4-5-6-10-9-11(13(15)17)7-8-12(10)14(16)18/h7-9H,2-6H2,1H3,(H2,15,17)(H2,16,18). The van der Waals surface area contributed by atoms with Crippen molar-refractivity contribution in [2.75, 3.05) is 0 Å². The minimum atomic E-state index is -0.485. The van der Waals surface area contributed by atoms with E-state index in [-0.39, 0.29) is 0 Å². The van der Waals surface area contributed by atoms with Gasteiger partial charge in [0, 0.05) is 11.1 Å². The lowest BCUT2D eigenvalue weighted by molar-refractivity contribution is 0.0987. The van der Waals surface area contributed by atoms with Crippen molar-refractivity contribution in [1.82, 2.24) is 0 Å². The molecule has 4 heteroatoms. The Hall–Kier alpha value is -1.84. The number of amides is 2. The van der Waals surface area contributed by atoms with Crippen LogP contribution in [0.3, 0.4) is 0 Å². The first kappa shape index (κ1) is 14.2. The van der Waals surface area contributed by atoms with Crippen LogP contribution in [0.25, 0.3) is 0 Å². The van der Waals surface area contributed by atoms with Crippen LogP contribution in [0.5, 0.6) is 0 Å². The molecule has 98 valence electrons. The van der Waals surface area contributed by atoms with Crippen molar-refractivity contribution >= 4 is 11.8 Å². The molecule has 0 aromatic heterocycles. The van der Waals surface area contributed by atoms with Gasteiger partial charge < -0.3 is 11.5 Å². The minimum Gasteiger partial charge on any atom is -0.366 e. The quantitative estimate of drug-likeness (QED) is 0.723. The van der Waals surface area contributed by atoms with Gasteiger partial charge in [-0.05, 0) is 36.6 Å². The van der Waals surface area contributed by atoms with Gasteiger partial charge in [0.25, 0.3) is 0 Å². The summed E-state index contributed by atoms with van der Waals surface area (Å²) in [6, 6.07) is 4.80. The Labute approximate surface area is 107 Å². The number of benzene rings is 1. The van der Waals surface area contributed by atoms with E-state index in [0.717, 1.165) is 31.2 Å². The number of rotatable bonds is 7. The summed E-state index contributed by atoms with van der Waals surface area (Å²) in [5, 5.41) is 0. The van der Waals surface area contributed by atoms with Crippen LogP contribution in [0, 0.1) is 0 Å². The lowest BCUT2D eigenvalue weighted by Crippen LogP contribution is -2.16. The van der Waals surface area contributed by atoms with Crippen molar-refractivity contribution in [2.24, 2.45) is 11.5 Å². The van der Waals surface area contributed by atoms with Gasteiger partial charge in [0.2, 0.25) is 11.8 Å². The zero-order chi connectivity index (χ0) is 13.5. The number of hydrogen-bond donors (Lipinski definition) is 2. The fraction of sp³-hybridized carbons (Fsp3) is 0.429. The van der Waals surface area contributed by atoms with Crippen molar-refractivity contribution in [3.8, 4) is 0 Å². The lowest BCUT2D eigenvalue weighted by atomic mass is 9.98. The van der Waals surface area contributed by atoms with E-state index in [9.17, 15) is 9.59 Å². The minimum absolute atomic E-state index is 0.422. The van der Waals surface area contributed by atoms with E-state index < -0.39 is 11.8 Å². The SMILES string of the molecule is CCCCCCc1cc(C(N)=O)ccc1C(N)=O. The molecule has 0 aliphatic heterocycles. The summed E-state index contributed by atoms with van der Waals surface area (Å²) in [5.41, 5.74) is 12.3. The molecule has 18 heavy (non-hydrogen) atoms. The Morgan fingerprint density at radius 2 is 1.78 bits per heavy atom. The zero-order valence-electron chi connectivity index (χ0n) is 10.7. The van der Waals surface area contributed by atoms with Gasteiger partial charge in [-0.3, -0.25) is 9.59 Å². The number of hydrogen-bond acceptors (Lipinski definition) is 2. The third-order valence-electron chi connectivity index (χ3n) is 2.95. The molecule has 0 spiro atoms. The van der Waals surface area contributed by atoms with Crippen LogP contribution in [0.15, 0.2) is 18.2 Å². The molecule has 0 heterocycles. The van der Waals surface area contributed by atoms with Crippen LogP contribution in [-0.2, 0) is 6.42 Å². The molecule has 0 saturated heterocycles. The number of carbonyl (C=O) groups is 2. The summed E-state index contributed by atoms with van der Waals surface area (Å²) in [7, 11) is 0. The highest BCUT2D eigenvalue weighted by Gasteiger charge is 2.10. The molecule has 0 aliphatic carbocycles. The summed E-state index contributed by atoms with van der Waals surface area (Å²) < 4.78 is 0. The molecule has 0 radical (unpaired) electrons. The Morgan fingerprint density at radius 1 is 1.06 bits per heavy atom. The first-order chi connectivity index (χ1) is 8.56. The predicted molar refractivity (Wildman–Crippen MR) is 71.3 cm³/mol. The number of aryl methyl sites for hydroxylation is 1. The second kappa shape index (κ2) is 6.79. The molecule has 1 rings (SSSR count). The zero-order valence-corrected chi connectivity index (χ0v) is 10.7. The number of nitrogens with two attached hydrogens (primary N) is 2. The Bertz CT molecular complexity index is 441. The number of unbranched alkanes of at least 4 members (excludes halogenated alkanes) is 3. The molecule has 0 saturated carbocycles. The average Bonchev–Trinajstić information content (AvgIpc) is 2.34. The van der Waals surface area contributed by atoms with Crippen molar-refractivity contribution < 1.29 is 9.59 Å². The van der Waals surface area contributed by atoms with Crippen LogP contribution in [0.2, 0.25) is 0 Å². The second-order valence-electron chi connectivity index (χ2n) is 4.41.